The average Bonchev–Trinajstić information content (AvgIpc) is 2.64. The minimum Gasteiger partial charge on any atom is -0.345 e. The van der Waals surface area contributed by atoms with Crippen molar-refractivity contribution in [3.05, 3.63) is 35.3 Å². The summed E-state index contributed by atoms with van der Waals surface area (Å²) < 4.78 is 1.98. The third-order valence-electron chi connectivity index (χ3n) is 2.94. The number of carbonyl (C=O) groups is 1. The van der Waals surface area contributed by atoms with Crippen LogP contribution in [0.3, 0.4) is 0 Å². The summed E-state index contributed by atoms with van der Waals surface area (Å²) in [6.07, 6.45) is 2.77. The molecule has 0 aliphatic heterocycles. The van der Waals surface area contributed by atoms with E-state index in [1.54, 1.807) is 19.0 Å². The smallest absolute Gasteiger partial charge is 0.254 e. The molecule has 0 saturated carbocycles. The number of amides is 1. The zero-order chi connectivity index (χ0) is 12.6. The molecule has 17 heavy (non-hydrogen) atoms. The molecule has 2 aromatic rings. The molecule has 0 aromatic carbocycles. The summed E-state index contributed by atoms with van der Waals surface area (Å²) in [7, 11) is 3.51. The maximum absolute atomic E-state index is 11.9. The van der Waals surface area contributed by atoms with Crippen LogP contribution in [0.5, 0.6) is 0 Å². The summed E-state index contributed by atoms with van der Waals surface area (Å²) >= 11 is 0. The highest BCUT2D eigenvalue weighted by atomic mass is 16.2. The van der Waals surface area contributed by atoms with E-state index in [1.165, 1.54) is 0 Å². The number of aromatic nitrogens is 2. The molecule has 0 saturated heterocycles. The van der Waals surface area contributed by atoms with Crippen LogP contribution in [0.1, 0.15) is 28.7 Å². The van der Waals surface area contributed by atoms with E-state index in [-0.39, 0.29) is 5.91 Å². The van der Waals surface area contributed by atoms with E-state index < -0.39 is 0 Å². The lowest BCUT2D eigenvalue weighted by Crippen LogP contribution is -2.21. The molecule has 0 unspecified atom stereocenters. The van der Waals surface area contributed by atoms with E-state index in [4.69, 9.17) is 0 Å². The van der Waals surface area contributed by atoms with Crippen LogP contribution in [0.2, 0.25) is 0 Å². The minimum absolute atomic E-state index is 0.0121. The van der Waals surface area contributed by atoms with Gasteiger partial charge < -0.3 is 9.30 Å². The Labute approximate surface area is 101 Å². The van der Waals surface area contributed by atoms with Crippen LogP contribution in [0.25, 0.3) is 5.65 Å². The van der Waals surface area contributed by atoms with Gasteiger partial charge in [-0.1, -0.05) is 6.92 Å². The zero-order valence-corrected chi connectivity index (χ0v) is 10.7. The van der Waals surface area contributed by atoms with Gasteiger partial charge in [0.05, 0.1) is 11.3 Å². The SMILES string of the molecule is CCc1nc2ccc(C(=O)N(C)C)cn2c1C. The normalized spacial score (nSPS) is 10.8. The third kappa shape index (κ3) is 1.90. The molecule has 2 heterocycles. The molecule has 0 spiro atoms. The number of carbonyl (C=O) groups excluding carboxylic acids is 1. The maximum Gasteiger partial charge on any atom is 0.254 e. The van der Waals surface area contributed by atoms with Gasteiger partial charge in [0.25, 0.3) is 5.91 Å². The third-order valence-corrected chi connectivity index (χ3v) is 2.94. The Kier molecular flexibility index (Phi) is 2.88. The van der Waals surface area contributed by atoms with Gasteiger partial charge in [-0.25, -0.2) is 4.98 Å². The lowest BCUT2D eigenvalue weighted by molar-refractivity contribution is 0.0827. The molecular weight excluding hydrogens is 214 g/mol. The van der Waals surface area contributed by atoms with Crippen LogP contribution in [-0.2, 0) is 6.42 Å². The number of hydrogen-bond donors (Lipinski definition) is 0. The quantitative estimate of drug-likeness (QED) is 0.791. The first-order valence-electron chi connectivity index (χ1n) is 5.73. The second-order valence-electron chi connectivity index (χ2n) is 4.34. The van der Waals surface area contributed by atoms with Crippen molar-refractivity contribution < 1.29 is 4.79 Å². The second-order valence-corrected chi connectivity index (χ2v) is 4.34. The fourth-order valence-corrected chi connectivity index (χ4v) is 1.93. The Hall–Kier alpha value is -1.84. The van der Waals surface area contributed by atoms with E-state index in [9.17, 15) is 4.79 Å². The zero-order valence-electron chi connectivity index (χ0n) is 10.7. The van der Waals surface area contributed by atoms with Crippen LogP contribution in [-0.4, -0.2) is 34.3 Å². The summed E-state index contributed by atoms with van der Waals surface area (Å²) in [5.74, 6) is 0.0121. The first-order valence-corrected chi connectivity index (χ1v) is 5.73. The minimum atomic E-state index is 0.0121. The Morgan fingerprint density at radius 1 is 1.41 bits per heavy atom. The molecule has 1 amide bonds. The number of rotatable bonds is 2. The molecule has 0 aliphatic rings. The number of fused-ring (bicyclic) bond motifs is 1. The number of hydrogen-bond acceptors (Lipinski definition) is 2. The highest BCUT2D eigenvalue weighted by Gasteiger charge is 2.11. The first kappa shape index (κ1) is 11.6. The van der Waals surface area contributed by atoms with Crippen LogP contribution in [0, 0.1) is 6.92 Å². The molecule has 0 atom stereocenters. The van der Waals surface area contributed by atoms with Gasteiger partial charge in [-0.15, -0.1) is 0 Å². The summed E-state index contributed by atoms with van der Waals surface area (Å²) in [4.78, 5) is 18.0. The van der Waals surface area contributed by atoms with Gasteiger partial charge in [0, 0.05) is 26.0 Å². The standard InChI is InChI=1S/C13H17N3O/c1-5-11-9(2)16-8-10(13(17)15(3)4)6-7-12(16)14-11/h6-8H,5H2,1-4H3. The highest BCUT2D eigenvalue weighted by Crippen LogP contribution is 2.14. The van der Waals surface area contributed by atoms with Crippen molar-refractivity contribution in [3.8, 4) is 0 Å². The van der Waals surface area contributed by atoms with Gasteiger partial charge in [-0.05, 0) is 25.5 Å². The highest BCUT2D eigenvalue weighted by molar-refractivity contribution is 5.93. The monoisotopic (exact) mass is 231 g/mol. The van der Waals surface area contributed by atoms with Crippen molar-refractivity contribution in [2.75, 3.05) is 14.1 Å². The Balaban J connectivity index is 2.57. The Morgan fingerprint density at radius 3 is 2.71 bits per heavy atom. The van der Waals surface area contributed by atoms with Crippen molar-refractivity contribution in [2.24, 2.45) is 0 Å². The number of aryl methyl sites for hydroxylation is 2. The van der Waals surface area contributed by atoms with E-state index in [0.717, 1.165) is 23.5 Å². The molecule has 4 heteroatoms. The second kappa shape index (κ2) is 4.20. The van der Waals surface area contributed by atoms with Crippen LogP contribution in [0.4, 0.5) is 0 Å². The molecule has 0 aliphatic carbocycles. The number of pyridine rings is 1. The lowest BCUT2D eigenvalue weighted by Gasteiger charge is -2.10. The van der Waals surface area contributed by atoms with Crippen molar-refractivity contribution >= 4 is 11.6 Å². The predicted molar refractivity (Wildman–Crippen MR) is 67.3 cm³/mol. The van der Waals surface area contributed by atoms with Gasteiger partial charge in [-0.3, -0.25) is 4.79 Å². The molecule has 2 aromatic heterocycles. The summed E-state index contributed by atoms with van der Waals surface area (Å²) in [6.45, 7) is 4.11. The molecule has 0 radical (unpaired) electrons. The fourth-order valence-electron chi connectivity index (χ4n) is 1.93. The lowest BCUT2D eigenvalue weighted by atomic mass is 10.2. The van der Waals surface area contributed by atoms with Crippen LogP contribution >= 0.6 is 0 Å². The largest absolute Gasteiger partial charge is 0.345 e. The van der Waals surface area contributed by atoms with Crippen molar-refractivity contribution in [1.29, 1.82) is 0 Å². The Bertz CT molecular complexity index is 569. The first-order chi connectivity index (χ1) is 8.04. The van der Waals surface area contributed by atoms with E-state index >= 15 is 0 Å². The number of nitrogens with zero attached hydrogens (tertiary/aromatic N) is 3. The van der Waals surface area contributed by atoms with E-state index in [1.807, 2.05) is 29.7 Å². The van der Waals surface area contributed by atoms with E-state index in [0.29, 0.717) is 5.56 Å². The van der Waals surface area contributed by atoms with Gasteiger partial charge in [0.15, 0.2) is 0 Å². The molecule has 0 N–H and O–H groups in total. The van der Waals surface area contributed by atoms with E-state index in [2.05, 4.69) is 11.9 Å². The summed E-state index contributed by atoms with van der Waals surface area (Å²) in [5, 5.41) is 0. The van der Waals surface area contributed by atoms with Crippen LogP contribution in [0.15, 0.2) is 18.3 Å². The Morgan fingerprint density at radius 2 is 2.12 bits per heavy atom. The average molecular weight is 231 g/mol. The number of imidazole rings is 1. The van der Waals surface area contributed by atoms with Gasteiger partial charge in [0.1, 0.15) is 5.65 Å². The van der Waals surface area contributed by atoms with Crippen molar-refractivity contribution in [1.82, 2.24) is 14.3 Å². The summed E-state index contributed by atoms with van der Waals surface area (Å²) in [6, 6.07) is 3.71. The van der Waals surface area contributed by atoms with Gasteiger partial charge in [-0.2, -0.15) is 0 Å². The molecule has 2 rings (SSSR count). The molecule has 0 bridgehead atoms. The summed E-state index contributed by atoms with van der Waals surface area (Å²) in [5.41, 5.74) is 3.77. The fraction of sp³-hybridized carbons (Fsp3) is 0.385. The van der Waals surface area contributed by atoms with Gasteiger partial charge in [0.2, 0.25) is 0 Å². The molecule has 90 valence electrons. The predicted octanol–water partition coefficient (Wildman–Crippen LogP) is 1.91. The van der Waals surface area contributed by atoms with Crippen molar-refractivity contribution in [2.45, 2.75) is 20.3 Å². The molecule has 0 fully saturated rings. The maximum atomic E-state index is 11.9. The van der Waals surface area contributed by atoms with Gasteiger partial charge >= 0.3 is 0 Å². The molecular formula is C13H17N3O. The van der Waals surface area contributed by atoms with Crippen LogP contribution < -0.4 is 0 Å². The molecule has 4 nitrogen and oxygen atoms in total. The topological polar surface area (TPSA) is 37.6 Å². The van der Waals surface area contributed by atoms with Crippen molar-refractivity contribution in [3.63, 3.8) is 0 Å².